The lowest BCUT2D eigenvalue weighted by molar-refractivity contribution is 0.0623. The van der Waals surface area contributed by atoms with Crippen LogP contribution in [0.25, 0.3) is 0 Å². The van der Waals surface area contributed by atoms with Crippen molar-refractivity contribution in [2.75, 3.05) is 26.7 Å². The van der Waals surface area contributed by atoms with Crippen LogP contribution in [0.5, 0.6) is 0 Å². The largest absolute Gasteiger partial charge is 0.376 e. The van der Waals surface area contributed by atoms with E-state index in [4.69, 9.17) is 4.74 Å². The van der Waals surface area contributed by atoms with Gasteiger partial charge < -0.3 is 9.64 Å². The van der Waals surface area contributed by atoms with E-state index in [9.17, 15) is 0 Å². The Labute approximate surface area is 98.2 Å². The predicted molar refractivity (Wildman–Crippen MR) is 66.3 cm³/mol. The van der Waals surface area contributed by atoms with Crippen LogP contribution in [-0.2, 0) is 11.3 Å². The van der Waals surface area contributed by atoms with E-state index in [1.165, 1.54) is 31.5 Å². The van der Waals surface area contributed by atoms with Gasteiger partial charge in [0.15, 0.2) is 0 Å². The Kier molecular flexibility index (Phi) is 4.37. The molecule has 0 aliphatic carbocycles. The molecule has 88 valence electrons. The third-order valence-electron chi connectivity index (χ3n) is 3.30. The minimum atomic E-state index is 0.757. The SMILES string of the molecule is CN1CCC(COCc2ccccc2)CC1. The van der Waals surface area contributed by atoms with E-state index < -0.39 is 0 Å². The molecule has 0 unspecified atom stereocenters. The molecule has 1 fully saturated rings. The molecule has 0 aromatic heterocycles. The molecule has 2 heteroatoms. The van der Waals surface area contributed by atoms with Gasteiger partial charge in [-0.1, -0.05) is 30.3 Å². The number of ether oxygens (including phenoxy) is 1. The smallest absolute Gasteiger partial charge is 0.0717 e. The Morgan fingerprint density at radius 1 is 1.19 bits per heavy atom. The Bertz CT molecular complexity index is 291. The Morgan fingerprint density at radius 3 is 2.56 bits per heavy atom. The van der Waals surface area contributed by atoms with Crippen LogP contribution < -0.4 is 0 Å². The van der Waals surface area contributed by atoms with Crippen LogP contribution in [-0.4, -0.2) is 31.6 Å². The van der Waals surface area contributed by atoms with Crippen LogP contribution in [0.15, 0.2) is 30.3 Å². The normalized spacial score (nSPS) is 18.8. The van der Waals surface area contributed by atoms with Crippen molar-refractivity contribution in [3.63, 3.8) is 0 Å². The van der Waals surface area contributed by atoms with Crippen molar-refractivity contribution in [3.05, 3.63) is 35.9 Å². The van der Waals surface area contributed by atoms with Crippen LogP contribution in [0.3, 0.4) is 0 Å². The Hall–Kier alpha value is -0.860. The summed E-state index contributed by atoms with van der Waals surface area (Å²) in [5.74, 6) is 0.764. The van der Waals surface area contributed by atoms with Crippen molar-refractivity contribution in [1.82, 2.24) is 4.90 Å². The van der Waals surface area contributed by atoms with Gasteiger partial charge in [-0.05, 0) is 44.5 Å². The lowest BCUT2D eigenvalue weighted by Crippen LogP contribution is -2.31. The number of hydrogen-bond acceptors (Lipinski definition) is 2. The van der Waals surface area contributed by atoms with Crippen molar-refractivity contribution >= 4 is 0 Å². The van der Waals surface area contributed by atoms with Crippen LogP contribution in [0, 0.1) is 5.92 Å². The molecular formula is C14H21NO. The predicted octanol–water partition coefficient (Wildman–Crippen LogP) is 2.55. The van der Waals surface area contributed by atoms with E-state index in [1.807, 2.05) is 6.07 Å². The van der Waals surface area contributed by atoms with E-state index >= 15 is 0 Å². The maximum absolute atomic E-state index is 5.78. The fourth-order valence-electron chi connectivity index (χ4n) is 2.15. The van der Waals surface area contributed by atoms with Gasteiger partial charge in [0.05, 0.1) is 6.61 Å². The fraction of sp³-hybridized carbons (Fsp3) is 0.571. The third kappa shape index (κ3) is 3.62. The second-order valence-corrected chi connectivity index (χ2v) is 4.75. The lowest BCUT2D eigenvalue weighted by atomic mass is 9.98. The highest BCUT2D eigenvalue weighted by molar-refractivity contribution is 5.13. The first-order chi connectivity index (χ1) is 7.84. The van der Waals surface area contributed by atoms with Gasteiger partial charge in [-0.25, -0.2) is 0 Å². The van der Waals surface area contributed by atoms with E-state index in [0.29, 0.717) is 0 Å². The van der Waals surface area contributed by atoms with Gasteiger partial charge in [0, 0.05) is 6.61 Å². The second-order valence-electron chi connectivity index (χ2n) is 4.75. The van der Waals surface area contributed by atoms with Gasteiger partial charge in [-0.3, -0.25) is 0 Å². The van der Waals surface area contributed by atoms with E-state index in [1.54, 1.807) is 0 Å². The first kappa shape index (κ1) is 11.6. The highest BCUT2D eigenvalue weighted by atomic mass is 16.5. The topological polar surface area (TPSA) is 12.5 Å². The molecule has 1 aromatic carbocycles. The molecule has 0 spiro atoms. The molecule has 1 heterocycles. The summed E-state index contributed by atoms with van der Waals surface area (Å²) in [6, 6.07) is 10.4. The molecule has 0 saturated carbocycles. The number of nitrogens with zero attached hydrogens (tertiary/aromatic N) is 1. The van der Waals surface area contributed by atoms with Gasteiger partial charge in [-0.15, -0.1) is 0 Å². The molecule has 1 aliphatic rings. The van der Waals surface area contributed by atoms with Gasteiger partial charge >= 0.3 is 0 Å². The zero-order chi connectivity index (χ0) is 11.2. The first-order valence-corrected chi connectivity index (χ1v) is 6.15. The number of hydrogen-bond donors (Lipinski definition) is 0. The van der Waals surface area contributed by atoms with Crippen molar-refractivity contribution in [2.24, 2.45) is 5.92 Å². The second kappa shape index (κ2) is 6.02. The fourth-order valence-corrected chi connectivity index (χ4v) is 2.15. The van der Waals surface area contributed by atoms with Crippen molar-refractivity contribution in [2.45, 2.75) is 19.4 Å². The summed E-state index contributed by atoms with van der Waals surface area (Å²) in [6.45, 7) is 4.12. The van der Waals surface area contributed by atoms with Gasteiger partial charge in [0.2, 0.25) is 0 Å². The standard InChI is InChI=1S/C14H21NO/c1-15-9-7-14(8-10-15)12-16-11-13-5-3-2-4-6-13/h2-6,14H,7-12H2,1H3. The molecule has 16 heavy (non-hydrogen) atoms. The molecule has 1 saturated heterocycles. The highest BCUT2D eigenvalue weighted by Crippen LogP contribution is 2.16. The summed E-state index contributed by atoms with van der Waals surface area (Å²) in [5, 5.41) is 0. The average molecular weight is 219 g/mol. The molecule has 1 aliphatic heterocycles. The van der Waals surface area contributed by atoms with E-state index in [-0.39, 0.29) is 0 Å². The van der Waals surface area contributed by atoms with E-state index in [0.717, 1.165) is 19.1 Å². The molecule has 0 amide bonds. The van der Waals surface area contributed by atoms with Crippen LogP contribution in [0.2, 0.25) is 0 Å². The number of piperidine rings is 1. The van der Waals surface area contributed by atoms with Crippen LogP contribution in [0.1, 0.15) is 18.4 Å². The van der Waals surface area contributed by atoms with Gasteiger partial charge in [0.1, 0.15) is 0 Å². The van der Waals surface area contributed by atoms with Gasteiger partial charge in [-0.2, -0.15) is 0 Å². The maximum atomic E-state index is 5.78. The van der Waals surface area contributed by atoms with Crippen LogP contribution >= 0.6 is 0 Å². The van der Waals surface area contributed by atoms with E-state index in [2.05, 4.69) is 36.2 Å². The van der Waals surface area contributed by atoms with Crippen LogP contribution in [0.4, 0.5) is 0 Å². The van der Waals surface area contributed by atoms with Crippen molar-refractivity contribution < 1.29 is 4.74 Å². The summed E-state index contributed by atoms with van der Waals surface area (Å²) in [6.07, 6.45) is 2.57. The zero-order valence-electron chi connectivity index (χ0n) is 10.1. The zero-order valence-corrected chi connectivity index (χ0v) is 10.1. The quantitative estimate of drug-likeness (QED) is 0.771. The minimum absolute atomic E-state index is 0.757. The summed E-state index contributed by atoms with van der Waals surface area (Å²) in [5.41, 5.74) is 1.27. The monoisotopic (exact) mass is 219 g/mol. The maximum Gasteiger partial charge on any atom is 0.0717 e. The van der Waals surface area contributed by atoms with Crippen molar-refractivity contribution in [3.8, 4) is 0 Å². The summed E-state index contributed by atoms with van der Waals surface area (Å²) in [7, 11) is 2.20. The molecule has 0 radical (unpaired) electrons. The molecule has 2 nitrogen and oxygen atoms in total. The highest BCUT2D eigenvalue weighted by Gasteiger charge is 2.16. The average Bonchev–Trinajstić information content (AvgIpc) is 2.33. The molecule has 0 N–H and O–H groups in total. The molecule has 0 bridgehead atoms. The van der Waals surface area contributed by atoms with Gasteiger partial charge in [0.25, 0.3) is 0 Å². The summed E-state index contributed by atoms with van der Waals surface area (Å²) >= 11 is 0. The molecule has 2 rings (SSSR count). The Morgan fingerprint density at radius 2 is 1.88 bits per heavy atom. The molecule has 0 atom stereocenters. The first-order valence-electron chi connectivity index (χ1n) is 6.15. The van der Waals surface area contributed by atoms with Crippen molar-refractivity contribution in [1.29, 1.82) is 0 Å². The number of likely N-dealkylation sites (tertiary alicyclic amines) is 1. The minimum Gasteiger partial charge on any atom is -0.376 e. The summed E-state index contributed by atoms with van der Waals surface area (Å²) < 4.78 is 5.78. The molecule has 1 aromatic rings. The molecular weight excluding hydrogens is 198 g/mol. The third-order valence-corrected chi connectivity index (χ3v) is 3.30. The Balaban J connectivity index is 1.65. The summed E-state index contributed by atoms with van der Waals surface area (Å²) in [4.78, 5) is 2.40. The number of rotatable bonds is 4. The number of benzene rings is 1. The lowest BCUT2D eigenvalue weighted by Gasteiger charge is -2.28.